The van der Waals surface area contributed by atoms with E-state index in [-0.39, 0.29) is 0 Å². The summed E-state index contributed by atoms with van der Waals surface area (Å²) in [7, 11) is 1.71. The quantitative estimate of drug-likeness (QED) is 0.129. The molecule has 0 unspecified atom stereocenters. The molecule has 0 N–H and O–H groups in total. The standard InChI is InChI=1S/C49H34N2OS.C43H28N2S2/c1-52-40-27-21-35(22-28-40)36-23-29-44-43(31-36)49-45(16-10-17-46(49)51(44)38-24-19-34(20-25-38)33-11-4-2-5-12-33)50(37-13-6-3-7-14-37)39-26-30-48-42(32-39)41-15-8-9-18-47(41)53-48;1-27-18-21-36-35(24-27)43-37(14-9-15-38(43)45(36)30-20-23-42-34(26-30)32-13-6-8-17-40(32)47-42)44(28-10-3-2-4-11-28)29-19-22-41-33(25-29)31-12-5-7-16-39(31)46-41/h2-32H,1H3;2-26H,1H3. The highest BCUT2D eigenvalue weighted by Gasteiger charge is 2.25. The second-order valence-electron chi connectivity index (χ2n) is 25.6. The van der Waals surface area contributed by atoms with Gasteiger partial charge in [-0.25, -0.2) is 0 Å². The Morgan fingerprint density at radius 3 is 1.19 bits per heavy atom. The van der Waals surface area contributed by atoms with Gasteiger partial charge in [0.05, 0.1) is 40.6 Å². The minimum absolute atomic E-state index is 0.849. The van der Waals surface area contributed by atoms with Gasteiger partial charge in [0.15, 0.2) is 0 Å². The first-order valence-electron chi connectivity index (χ1n) is 33.8. The average Bonchev–Trinajstić information content (AvgIpc) is 1.57. The minimum Gasteiger partial charge on any atom is -0.497 e. The first-order chi connectivity index (χ1) is 49.4. The van der Waals surface area contributed by atoms with Gasteiger partial charge in [0, 0.05) is 116 Å². The van der Waals surface area contributed by atoms with Crippen molar-refractivity contribution < 1.29 is 4.74 Å². The van der Waals surface area contributed by atoms with Crippen LogP contribution in [-0.2, 0) is 0 Å². The van der Waals surface area contributed by atoms with Gasteiger partial charge in [-0.1, -0.05) is 175 Å². The molecule has 5 heterocycles. The molecule has 8 heteroatoms. The lowest BCUT2D eigenvalue weighted by Crippen LogP contribution is -2.10. The summed E-state index contributed by atoms with van der Waals surface area (Å²) in [5.41, 5.74) is 19.8. The summed E-state index contributed by atoms with van der Waals surface area (Å²) in [4.78, 5) is 4.87. The number of fused-ring (bicyclic) bond motifs is 15. The normalized spacial score (nSPS) is 11.7. The van der Waals surface area contributed by atoms with E-state index in [2.05, 4.69) is 353 Å². The molecule has 0 atom stereocenters. The molecular formula is C92H62N4OS3. The van der Waals surface area contributed by atoms with Gasteiger partial charge in [-0.15, -0.1) is 34.0 Å². The Bertz CT molecular complexity index is 6520. The largest absolute Gasteiger partial charge is 0.497 e. The molecule has 20 aromatic rings. The molecule has 0 saturated heterocycles. The van der Waals surface area contributed by atoms with Crippen molar-refractivity contribution in [1.82, 2.24) is 9.13 Å². The Labute approximate surface area is 590 Å². The zero-order valence-corrected chi connectivity index (χ0v) is 57.2. The van der Waals surface area contributed by atoms with Crippen molar-refractivity contribution in [3.05, 3.63) is 345 Å². The van der Waals surface area contributed by atoms with E-state index in [4.69, 9.17) is 4.74 Å². The highest BCUT2D eigenvalue weighted by atomic mass is 32.1. The zero-order chi connectivity index (χ0) is 66.4. The van der Waals surface area contributed by atoms with Crippen LogP contribution in [0.3, 0.4) is 0 Å². The summed E-state index contributed by atoms with van der Waals surface area (Å²) in [5.74, 6) is 0.849. The summed E-state index contributed by atoms with van der Waals surface area (Å²) >= 11 is 5.58. The SMILES string of the molecule is COc1ccc(-c2ccc3c(c2)c2c(N(c4ccccc4)c4ccc5sc6ccccc6c5c4)cccc2n3-c2ccc(-c3ccccc3)cc2)cc1.Cc1ccc2c(c1)c1c(N(c3ccccc3)c3ccc4sc5ccccc5c4c3)cccc1n2-c1ccc2sc3ccccc3c2c1. The maximum absolute atomic E-state index is 5.49. The average molecular weight is 1340 g/mol. The molecular weight excluding hydrogens is 1270 g/mol. The van der Waals surface area contributed by atoms with Crippen molar-refractivity contribution in [3.63, 3.8) is 0 Å². The van der Waals surface area contributed by atoms with Crippen LogP contribution in [-0.4, -0.2) is 16.2 Å². The van der Waals surface area contributed by atoms with Crippen LogP contribution in [0.15, 0.2) is 340 Å². The first-order valence-corrected chi connectivity index (χ1v) is 36.3. The number of methoxy groups -OCH3 is 1. The molecule has 0 saturated carbocycles. The number of para-hydroxylation sites is 2. The highest BCUT2D eigenvalue weighted by Crippen LogP contribution is 2.50. The van der Waals surface area contributed by atoms with Gasteiger partial charge in [-0.2, -0.15) is 0 Å². The number of benzene rings is 15. The third-order valence-corrected chi connectivity index (χ3v) is 23.2. The van der Waals surface area contributed by atoms with Crippen LogP contribution in [0.5, 0.6) is 5.75 Å². The fraction of sp³-hybridized carbons (Fsp3) is 0.0217. The molecule has 0 aliphatic rings. The van der Waals surface area contributed by atoms with Gasteiger partial charge >= 0.3 is 0 Å². The Hall–Kier alpha value is -12.0. The van der Waals surface area contributed by atoms with E-state index in [1.165, 1.54) is 121 Å². The number of ether oxygens (including phenoxy) is 1. The smallest absolute Gasteiger partial charge is 0.118 e. The van der Waals surface area contributed by atoms with Crippen LogP contribution >= 0.6 is 34.0 Å². The van der Waals surface area contributed by atoms with Crippen LogP contribution in [0.2, 0.25) is 0 Å². The van der Waals surface area contributed by atoms with Crippen molar-refractivity contribution in [3.8, 4) is 39.4 Å². The second kappa shape index (κ2) is 24.5. The Morgan fingerprint density at radius 1 is 0.260 bits per heavy atom. The molecule has 0 aliphatic carbocycles. The summed E-state index contributed by atoms with van der Waals surface area (Å²) in [6.07, 6.45) is 0. The summed E-state index contributed by atoms with van der Waals surface area (Å²) < 4.78 is 18.2. The molecule has 0 aliphatic heterocycles. The monoisotopic (exact) mass is 1330 g/mol. The van der Waals surface area contributed by atoms with E-state index < -0.39 is 0 Å². The van der Waals surface area contributed by atoms with Gasteiger partial charge in [0.25, 0.3) is 0 Å². The number of rotatable bonds is 11. The van der Waals surface area contributed by atoms with E-state index >= 15 is 0 Å². The van der Waals surface area contributed by atoms with Gasteiger partial charge < -0.3 is 23.7 Å². The first kappa shape index (κ1) is 59.2. The number of hydrogen-bond acceptors (Lipinski definition) is 6. The summed E-state index contributed by atoms with van der Waals surface area (Å²) in [6, 6.07) is 124. The molecule has 5 nitrogen and oxygen atoms in total. The van der Waals surface area contributed by atoms with E-state index in [1.54, 1.807) is 7.11 Å². The van der Waals surface area contributed by atoms with Crippen LogP contribution in [0.25, 0.3) is 138 Å². The molecule has 0 fully saturated rings. The Balaban J connectivity index is 0.000000140. The molecule has 15 aromatic carbocycles. The van der Waals surface area contributed by atoms with Gasteiger partial charge in [-0.3, -0.25) is 0 Å². The summed E-state index contributed by atoms with van der Waals surface area (Å²) in [6.45, 7) is 2.19. The number of hydrogen-bond donors (Lipinski definition) is 0. The van der Waals surface area contributed by atoms with Gasteiger partial charge in [-0.05, 0) is 199 Å². The van der Waals surface area contributed by atoms with Crippen molar-refractivity contribution in [1.29, 1.82) is 0 Å². The van der Waals surface area contributed by atoms with E-state index in [0.29, 0.717) is 0 Å². The van der Waals surface area contributed by atoms with Crippen molar-refractivity contribution in [2.24, 2.45) is 0 Å². The van der Waals surface area contributed by atoms with Gasteiger partial charge in [0.2, 0.25) is 0 Å². The number of aryl methyl sites for hydroxylation is 1. The van der Waals surface area contributed by atoms with Crippen molar-refractivity contribution in [2.45, 2.75) is 6.92 Å². The number of thiophene rings is 3. The third-order valence-electron chi connectivity index (χ3n) is 19.7. The molecule has 100 heavy (non-hydrogen) atoms. The summed E-state index contributed by atoms with van der Waals surface area (Å²) in [5, 5.41) is 12.7. The van der Waals surface area contributed by atoms with Crippen LogP contribution in [0, 0.1) is 6.92 Å². The lowest BCUT2D eigenvalue weighted by Gasteiger charge is -2.26. The number of aromatic nitrogens is 2. The maximum Gasteiger partial charge on any atom is 0.118 e. The molecule has 0 radical (unpaired) electrons. The topological polar surface area (TPSA) is 25.6 Å². The van der Waals surface area contributed by atoms with E-state index in [9.17, 15) is 0 Å². The van der Waals surface area contributed by atoms with E-state index in [1.807, 2.05) is 46.1 Å². The van der Waals surface area contributed by atoms with Crippen LogP contribution in [0.4, 0.5) is 34.1 Å². The maximum atomic E-state index is 5.49. The molecule has 0 amide bonds. The van der Waals surface area contributed by atoms with Crippen molar-refractivity contribution >= 4 is 172 Å². The zero-order valence-electron chi connectivity index (χ0n) is 54.8. The second-order valence-corrected chi connectivity index (χ2v) is 28.8. The van der Waals surface area contributed by atoms with Crippen molar-refractivity contribution in [2.75, 3.05) is 16.9 Å². The van der Waals surface area contributed by atoms with E-state index in [0.717, 1.165) is 62.0 Å². The third kappa shape index (κ3) is 10.1. The lowest BCUT2D eigenvalue weighted by atomic mass is 10.0. The number of nitrogens with zero attached hydrogens (tertiary/aromatic N) is 4. The molecule has 0 spiro atoms. The van der Waals surface area contributed by atoms with Crippen LogP contribution in [0.1, 0.15) is 5.56 Å². The fourth-order valence-corrected chi connectivity index (χ4v) is 18.4. The van der Waals surface area contributed by atoms with Gasteiger partial charge in [0.1, 0.15) is 5.75 Å². The minimum atomic E-state index is 0.849. The highest BCUT2D eigenvalue weighted by molar-refractivity contribution is 7.26. The molecule has 0 bridgehead atoms. The lowest BCUT2D eigenvalue weighted by molar-refractivity contribution is 0.415. The molecule has 20 rings (SSSR count). The number of anilines is 6. The predicted molar refractivity (Wildman–Crippen MR) is 432 cm³/mol. The Kier molecular flexibility index (Phi) is 14.5. The molecule has 5 aromatic heterocycles. The predicted octanol–water partition coefficient (Wildman–Crippen LogP) is 27.3. The molecule has 474 valence electrons. The fourth-order valence-electron chi connectivity index (χ4n) is 15.1. The Morgan fingerprint density at radius 2 is 0.660 bits per heavy atom. The van der Waals surface area contributed by atoms with Crippen LogP contribution < -0.4 is 14.5 Å².